The van der Waals surface area contributed by atoms with Crippen molar-refractivity contribution in [2.24, 2.45) is 0 Å². The second-order valence-corrected chi connectivity index (χ2v) is 6.93. The first-order chi connectivity index (χ1) is 13.6. The predicted octanol–water partition coefficient (Wildman–Crippen LogP) is 4.00. The van der Waals surface area contributed by atoms with Gasteiger partial charge in [-0.1, -0.05) is 36.9 Å². The van der Waals surface area contributed by atoms with Gasteiger partial charge >= 0.3 is 5.88 Å². The highest BCUT2D eigenvalue weighted by molar-refractivity contribution is 7.99. The molecule has 9 nitrogen and oxygen atoms in total. The molecule has 0 saturated carbocycles. The van der Waals surface area contributed by atoms with Crippen LogP contribution in [0.15, 0.2) is 52.0 Å². The van der Waals surface area contributed by atoms with Gasteiger partial charge in [0, 0.05) is 11.3 Å². The van der Waals surface area contributed by atoms with E-state index in [9.17, 15) is 10.1 Å². The quantitative estimate of drug-likeness (QED) is 0.387. The van der Waals surface area contributed by atoms with Crippen LogP contribution in [0.1, 0.15) is 12.7 Å². The molecular weight excluding hydrogens is 382 g/mol. The van der Waals surface area contributed by atoms with Crippen LogP contribution in [0.2, 0.25) is 0 Å². The maximum absolute atomic E-state index is 10.8. The fourth-order valence-corrected chi connectivity index (χ4v) is 3.16. The van der Waals surface area contributed by atoms with Gasteiger partial charge in [0.2, 0.25) is 11.0 Å². The largest absolute Gasteiger partial charge is 0.448 e. The number of hydrogen-bond donors (Lipinski definition) is 1. The minimum atomic E-state index is -0.584. The summed E-state index contributed by atoms with van der Waals surface area (Å²) in [6.45, 7) is 2.01. The number of nitrogens with zero attached hydrogens (tertiary/aromatic N) is 4. The Balaban J connectivity index is 1.67. The Hall–Kier alpha value is -3.40. The highest BCUT2D eigenvalue weighted by Crippen LogP contribution is 2.36. The van der Waals surface area contributed by atoms with E-state index in [4.69, 9.17) is 9.15 Å². The van der Waals surface area contributed by atoms with Crippen molar-refractivity contribution in [3.05, 3.63) is 58.3 Å². The molecule has 0 radical (unpaired) electrons. The number of furan rings is 1. The van der Waals surface area contributed by atoms with Crippen molar-refractivity contribution in [3.8, 4) is 17.1 Å². The Morgan fingerprint density at radius 2 is 2.14 bits per heavy atom. The number of anilines is 1. The van der Waals surface area contributed by atoms with Gasteiger partial charge < -0.3 is 14.5 Å². The van der Waals surface area contributed by atoms with E-state index in [0.29, 0.717) is 22.5 Å². The molecule has 1 aromatic carbocycles. The van der Waals surface area contributed by atoms with E-state index in [1.54, 1.807) is 12.2 Å². The lowest BCUT2D eigenvalue weighted by molar-refractivity contribution is -0.402. The Bertz CT molecular complexity index is 1050. The number of nitro groups is 1. The van der Waals surface area contributed by atoms with Gasteiger partial charge in [0.1, 0.15) is 10.7 Å². The SMILES string of the molecule is CCSc1nnc2c(n1)OC(C=Cc1ccc([N+](=O)[O-])o1)Nc1ccccc1-2. The first-order valence-electron chi connectivity index (χ1n) is 8.46. The van der Waals surface area contributed by atoms with Gasteiger partial charge in [-0.3, -0.25) is 10.1 Å². The summed E-state index contributed by atoms with van der Waals surface area (Å²) in [5.74, 6) is 1.21. The summed E-state index contributed by atoms with van der Waals surface area (Å²) >= 11 is 1.47. The summed E-state index contributed by atoms with van der Waals surface area (Å²) < 4.78 is 11.1. The van der Waals surface area contributed by atoms with Crippen molar-refractivity contribution < 1.29 is 14.1 Å². The lowest BCUT2D eigenvalue weighted by Gasteiger charge is -2.15. The van der Waals surface area contributed by atoms with Gasteiger partial charge in [-0.15, -0.1) is 10.2 Å². The second-order valence-electron chi connectivity index (χ2n) is 5.70. The zero-order valence-electron chi connectivity index (χ0n) is 14.7. The van der Waals surface area contributed by atoms with Crippen LogP contribution in [0.4, 0.5) is 11.6 Å². The molecular formula is C18H15N5O4S. The zero-order valence-corrected chi connectivity index (χ0v) is 15.5. The molecule has 28 heavy (non-hydrogen) atoms. The lowest BCUT2D eigenvalue weighted by atomic mass is 10.1. The van der Waals surface area contributed by atoms with Crippen LogP contribution in [-0.2, 0) is 0 Å². The van der Waals surface area contributed by atoms with Gasteiger partial charge in [0.15, 0.2) is 11.9 Å². The first kappa shape index (κ1) is 18.0. The number of para-hydroxylation sites is 1. The van der Waals surface area contributed by atoms with Gasteiger partial charge in [-0.2, -0.15) is 4.98 Å². The van der Waals surface area contributed by atoms with Gasteiger partial charge in [-0.25, -0.2) is 0 Å². The van der Waals surface area contributed by atoms with Crippen LogP contribution in [0, 0.1) is 10.1 Å². The van der Waals surface area contributed by atoms with Crippen molar-refractivity contribution in [2.45, 2.75) is 18.3 Å². The lowest BCUT2D eigenvalue weighted by Crippen LogP contribution is -2.23. The van der Waals surface area contributed by atoms with E-state index < -0.39 is 11.2 Å². The number of hydrogen-bond acceptors (Lipinski definition) is 9. The van der Waals surface area contributed by atoms with Crippen molar-refractivity contribution >= 4 is 29.4 Å². The van der Waals surface area contributed by atoms with Crippen molar-refractivity contribution in [1.82, 2.24) is 15.2 Å². The van der Waals surface area contributed by atoms with E-state index in [1.165, 1.54) is 23.9 Å². The molecule has 1 unspecified atom stereocenters. The van der Waals surface area contributed by atoms with E-state index >= 15 is 0 Å². The number of benzene rings is 1. The normalized spacial score (nSPS) is 15.2. The monoisotopic (exact) mass is 397 g/mol. The van der Waals surface area contributed by atoms with Crippen molar-refractivity contribution in [1.29, 1.82) is 0 Å². The second kappa shape index (κ2) is 7.69. The summed E-state index contributed by atoms with van der Waals surface area (Å²) in [4.78, 5) is 14.6. The number of thioether (sulfide) groups is 1. The van der Waals surface area contributed by atoms with Crippen molar-refractivity contribution in [3.63, 3.8) is 0 Å². The molecule has 1 N–H and O–H groups in total. The molecule has 10 heteroatoms. The molecule has 1 atom stereocenters. The van der Waals surface area contributed by atoms with E-state index in [1.807, 2.05) is 31.2 Å². The average Bonchev–Trinajstić information content (AvgIpc) is 3.11. The van der Waals surface area contributed by atoms with E-state index in [0.717, 1.165) is 17.0 Å². The molecule has 0 amide bonds. The average molecular weight is 397 g/mol. The van der Waals surface area contributed by atoms with Crippen LogP contribution in [0.25, 0.3) is 17.3 Å². The molecule has 3 heterocycles. The molecule has 142 valence electrons. The highest BCUT2D eigenvalue weighted by atomic mass is 32.2. The van der Waals surface area contributed by atoms with Crippen LogP contribution >= 0.6 is 11.8 Å². The Morgan fingerprint density at radius 1 is 1.29 bits per heavy atom. The van der Waals surface area contributed by atoms with Gasteiger partial charge in [0.05, 0.1) is 6.07 Å². The third kappa shape index (κ3) is 3.67. The van der Waals surface area contributed by atoms with Gasteiger partial charge in [-0.05, 0) is 30.0 Å². The standard InChI is InChI=1S/C18H15N5O4S/c1-2-28-18-20-17-16(21-22-18)12-5-3-4-6-13(12)19-14(27-17)9-7-11-8-10-15(26-11)23(24)25/h3-10,14,19H,2H2,1H3. The Kier molecular flexibility index (Phi) is 4.94. The van der Waals surface area contributed by atoms with E-state index in [2.05, 4.69) is 20.5 Å². The first-order valence-corrected chi connectivity index (χ1v) is 9.45. The molecule has 0 fully saturated rings. The summed E-state index contributed by atoms with van der Waals surface area (Å²) in [5, 5.41) is 23.0. The third-order valence-corrected chi connectivity index (χ3v) is 4.57. The predicted molar refractivity (Wildman–Crippen MR) is 104 cm³/mol. The number of nitrogens with one attached hydrogen (secondary N) is 1. The smallest absolute Gasteiger partial charge is 0.433 e. The fourth-order valence-electron chi connectivity index (χ4n) is 2.66. The molecule has 1 aliphatic heterocycles. The molecule has 0 spiro atoms. The van der Waals surface area contributed by atoms with Crippen LogP contribution in [0.5, 0.6) is 5.88 Å². The maximum Gasteiger partial charge on any atom is 0.433 e. The number of aromatic nitrogens is 3. The van der Waals surface area contributed by atoms with Crippen LogP contribution in [0.3, 0.4) is 0 Å². The maximum atomic E-state index is 10.8. The van der Waals surface area contributed by atoms with Crippen LogP contribution < -0.4 is 10.1 Å². The summed E-state index contributed by atoms with van der Waals surface area (Å²) in [6.07, 6.45) is 2.72. The number of rotatable bonds is 5. The number of ether oxygens (including phenoxy) is 1. The molecule has 0 aliphatic carbocycles. The minimum Gasteiger partial charge on any atom is -0.448 e. The topological polar surface area (TPSA) is 116 Å². The summed E-state index contributed by atoms with van der Waals surface area (Å²) in [7, 11) is 0. The van der Waals surface area contributed by atoms with Gasteiger partial charge in [0.25, 0.3) is 0 Å². The highest BCUT2D eigenvalue weighted by Gasteiger charge is 2.23. The van der Waals surface area contributed by atoms with Crippen LogP contribution in [-0.4, -0.2) is 32.1 Å². The molecule has 1 aliphatic rings. The number of fused-ring (bicyclic) bond motifs is 3. The molecule has 0 saturated heterocycles. The summed E-state index contributed by atoms with van der Waals surface area (Å²) in [6, 6.07) is 10.4. The minimum absolute atomic E-state index is 0.316. The third-order valence-electron chi connectivity index (χ3n) is 3.86. The zero-order chi connectivity index (χ0) is 19.5. The molecule has 3 aromatic rings. The van der Waals surface area contributed by atoms with E-state index in [-0.39, 0.29) is 5.88 Å². The van der Waals surface area contributed by atoms with Crippen molar-refractivity contribution in [2.75, 3.05) is 11.1 Å². The fraction of sp³-hybridized carbons (Fsp3) is 0.167. The molecule has 2 aromatic heterocycles. The Morgan fingerprint density at radius 3 is 2.93 bits per heavy atom. The summed E-state index contributed by atoms with van der Waals surface area (Å²) in [5.41, 5.74) is 2.19. The molecule has 0 bridgehead atoms. The Labute approximate surface area is 164 Å². The molecule has 4 rings (SSSR count).